The quantitative estimate of drug-likeness (QED) is 0.709. The predicted molar refractivity (Wildman–Crippen MR) is 57.0 cm³/mol. The highest BCUT2D eigenvalue weighted by Gasteiger charge is 2.24. The molecular weight excluding hydrogens is 194 g/mol. The second kappa shape index (κ2) is 3.92. The zero-order chi connectivity index (χ0) is 11.7. The van der Waals surface area contributed by atoms with E-state index in [9.17, 15) is 4.79 Å². The summed E-state index contributed by atoms with van der Waals surface area (Å²) in [6, 6.07) is 0. The molecule has 0 unspecified atom stereocenters. The van der Waals surface area contributed by atoms with Crippen LogP contribution in [0.25, 0.3) is 0 Å². The number of aliphatic carboxylic acids is 1. The Morgan fingerprint density at radius 1 is 1.53 bits per heavy atom. The first-order valence-corrected chi connectivity index (χ1v) is 4.79. The van der Waals surface area contributed by atoms with E-state index in [1.807, 2.05) is 49.1 Å². The Morgan fingerprint density at radius 2 is 2.07 bits per heavy atom. The lowest BCUT2D eigenvalue weighted by Crippen LogP contribution is -2.38. The van der Waals surface area contributed by atoms with Crippen LogP contribution in [0.1, 0.15) is 11.4 Å². The highest BCUT2D eigenvalue weighted by molar-refractivity contribution is 5.69. The van der Waals surface area contributed by atoms with E-state index in [2.05, 4.69) is 0 Å². The summed E-state index contributed by atoms with van der Waals surface area (Å²) in [5, 5.41) is 8.82. The fraction of sp³-hybridized carbons (Fsp3) is 0.600. The van der Waals surface area contributed by atoms with Gasteiger partial charge >= 0.3 is 11.9 Å². The van der Waals surface area contributed by atoms with Crippen LogP contribution in [-0.2, 0) is 25.3 Å². The van der Waals surface area contributed by atoms with Gasteiger partial charge in [0, 0.05) is 0 Å². The van der Waals surface area contributed by atoms with E-state index in [1.54, 1.807) is 0 Å². The van der Waals surface area contributed by atoms with E-state index in [0.717, 1.165) is 17.3 Å². The van der Waals surface area contributed by atoms with Crippen molar-refractivity contribution in [3.05, 3.63) is 11.4 Å². The lowest BCUT2D eigenvalue weighted by atomic mass is 10.2. The first kappa shape index (κ1) is 11.6. The molecule has 0 bridgehead atoms. The second-order valence-electron chi connectivity index (χ2n) is 3.92. The van der Waals surface area contributed by atoms with Gasteiger partial charge in [-0.05, 0) is 6.92 Å². The molecule has 1 heterocycles. The Balaban J connectivity index is 3.29. The van der Waals surface area contributed by atoms with Gasteiger partial charge in [0.05, 0.1) is 28.2 Å². The molecular formula is C10H18N3O2+. The van der Waals surface area contributed by atoms with Crippen molar-refractivity contribution in [1.82, 2.24) is 4.57 Å². The topological polar surface area (TPSA) is 49.4 Å². The second-order valence-corrected chi connectivity index (χ2v) is 3.92. The standard InChI is InChI=1S/C10H17N3O2/c1-7-8(6-9(14)15)13(5)10(11(2)3)12(7)4/h6H2,1-5H3/p+1. The largest absolute Gasteiger partial charge is 0.481 e. The fourth-order valence-electron chi connectivity index (χ4n) is 1.92. The van der Waals surface area contributed by atoms with Gasteiger partial charge in [-0.25, -0.2) is 9.13 Å². The summed E-state index contributed by atoms with van der Waals surface area (Å²) in [6.07, 6.45) is 0.0595. The number of rotatable bonds is 3. The molecule has 84 valence electrons. The van der Waals surface area contributed by atoms with Crippen LogP contribution in [0.3, 0.4) is 0 Å². The number of imidazole rings is 1. The Hall–Kier alpha value is -1.52. The molecule has 5 heteroatoms. The van der Waals surface area contributed by atoms with Crippen LogP contribution in [0.15, 0.2) is 0 Å². The van der Waals surface area contributed by atoms with Gasteiger partial charge in [-0.15, -0.1) is 0 Å². The maximum atomic E-state index is 10.7. The van der Waals surface area contributed by atoms with E-state index in [0.29, 0.717) is 0 Å². The zero-order valence-electron chi connectivity index (χ0n) is 9.90. The van der Waals surface area contributed by atoms with Gasteiger partial charge in [-0.1, -0.05) is 0 Å². The van der Waals surface area contributed by atoms with Crippen LogP contribution in [0.4, 0.5) is 5.95 Å². The van der Waals surface area contributed by atoms with Crippen LogP contribution in [-0.4, -0.2) is 29.7 Å². The minimum Gasteiger partial charge on any atom is -0.481 e. The van der Waals surface area contributed by atoms with E-state index in [4.69, 9.17) is 5.11 Å². The number of carboxylic acids is 1. The highest BCUT2D eigenvalue weighted by Crippen LogP contribution is 2.13. The van der Waals surface area contributed by atoms with Gasteiger partial charge in [0.1, 0.15) is 17.8 Å². The minimum atomic E-state index is -0.801. The molecule has 0 saturated carbocycles. The molecule has 0 aromatic carbocycles. The van der Waals surface area contributed by atoms with E-state index < -0.39 is 5.97 Å². The third-order valence-electron chi connectivity index (χ3n) is 2.64. The van der Waals surface area contributed by atoms with Gasteiger partial charge in [0.15, 0.2) is 0 Å². The van der Waals surface area contributed by atoms with Crippen LogP contribution in [0.5, 0.6) is 0 Å². The number of carboxylic acid groups (broad SMARTS) is 1. The van der Waals surface area contributed by atoms with Gasteiger partial charge in [-0.2, -0.15) is 0 Å². The molecule has 1 aromatic rings. The molecule has 0 atom stereocenters. The van der Waals surface area contributed by atoms with Gasteiger partial charge in [0.25, 0.3) is 0 Å². The molecule has 1 rings (SSSR count). The van der Waals surface area contributed by atoms with Crippen molar-refractivity contribution in [3.8, 4) is 0 Å². The van der Waals surface area contributed by atoms with Gasteiger partial charge in [-0.3, -0.25) is 9.69 Å². The molecule has 0 aliphatic carbocycles. The monoisotopic (exact) mass is 212 g/mol. The third kappa shape index (κ3) is 1.95. The Bertz CT molecular complexity index is 394. The van der Waals surface area contributed by atoms with Crippen molar-refractivity contribution in [2.45, 2.75) is 13.3 Å². The van der Waals surface area contributed by atoms with Crippen molar-refractivity contribution >= 4 is 11.9 Å². The number of hydrogen-bond acceptors (Lipinski definition) is 2. The van der Waals surface area contributed by atoms with Crippen LogP contribution >= 0.6 is 0 Å². The van der Waals surface area contributed by atoms with E-state index in [1.165, 1.54) is 0 Å². The maximum Gasteiger partial charge on any atom is 0.359 e. The van der Waals surface area contributed by atoms with Crippen LogP contribution in [0, 0.1) is 6.92 Å². The molecule has 0 saturated heterocycles. The van der Waals surface area contributed by atoms with Crippen LogP contribution < -0.4 is 9.47 Å². The molecule has 1 N–H and O–H groups in total. The Morgan fingerprint density at radius 3 is 2.40 bits per heavy atom. The van der Waals surface area contributed by atoms with Crippen molar-refractivity contribution < 1.29 is 14.5 Å². The van der Waals surface area contributed by atoms with E-state index >= 15 is 0 Å². The smallest absolute Gasteiger partial charge is 0.359 e. The highest BCUT2D eigenvalue weighted by atomic mass is 16.4. The normalized spacial score (nSPS) is 10.5. The molecule has 0 amide bonds. The Kier molecular flexibility index (Phi) is 3.02. The van der Waals surface area contributed by atoms with Crippen molar-refractivity contribution in [3.63, 3.8) is 0 Å². The summed E-state index contributed by atoms with van der Waals surface area (Å²) in [6.45, 7) is 1.94. The molecule has 15 heavy (non-hydrogen) atoms. The third-order valence-corrected chi connectivity index (χ3v) is 2.64. The SMILES string of the molecule is Cc1c(CC(=O)O)[n+](C)c(N(C)C)n1C. The average molecular weight is 212 g/mol. The predicted octanol–water partition coefficient (Wildman–Crippen LogP) is -0.149. The first-order valence-electron chi connectivity index (χ1n) is 4.79. The number of anilines is 1. The van der Waals surface area contributed by atoms with Crippen LogP contribution in [0.2, 0.25) is 0 Å². The minimum absolute atomic E-state index is 0.0595. The number of aromatic nitrogens is 2. The average Bonchev–Trinajstić information content (AvgIpc) is 2.29. The summed E-state index contributed by atoms with van der Waals surface area (Å²) >= 11 is 0. The van der Waals surface area contributed by atoms with Gasteiger partial charge in [0.2, 0.25) is 0 Å². The molecule has 1 aromatic heterocycles. The molecule has 0 aliphatic heterocycles. The molecule has 0 spiro atoms. The molecule has 0 radical (unpaired) electrons. The fourth-order valence-corrected chi connectivity index (χ4v) is 1.92. The number of hydrogen-bond donors (Lipinski definition) is 1. The lowest BCUT2D eigenvalue weighted by molar-refractivity contribution is -0.665. The maximum absolute atomic E-state index is 10.7. The molecule has 5 nitrogen and oxygen atoms in total. The summed E-state index contributed by atoms with van der Waals surface area (Å²) < 4.78 is 3.92. The van der Waals surface area contributed by atoms with Crippen molar-refractivity contribution in [2.75, 3.05) is 19.0 Å². The van der Waals surface area contributed by atoms with Crippen molar-refractivity contribution in [1.29, 1.82) is 0 Å². The summed E-state index contributed by atoms with van der Waals surface area (Å²) in [4.78, 5) is 12.7. The summed E-state index contributed by atoms with van der Waals surface area (Å²) in [5.74, 6) is 0.188. The Labute approximate surface area is 89.6 Å². The summed E-state index contributed by atoms with van der Waals surface area (Å²) in [7, 11) is 7.72. The summed E-state index contributed by atoms with van der Waals surface area (Å²) in [5.41, 5.74) is 1.83. The first-order chi connectivity index (χ1) is 6.86. The number of nitrogens with zero attached hydrogens (tertiary/aromatic N) is 3. The van der Waals surface area contributed by atoms with E-state index in [-0.39, 0.29) is 6.42 Å². The number of carbonyl (C=O) groups is 1. The van der Waals surface area contributed by atoms with Gasteiger partial charge < -0.3 is 5.11 Å². The van der Waals surface area contributed by atoms with Crippen molar-refractivity contribution in [2.24, 2.45) is 14.1 Å². The molecule has 0 aliphatic rings. The lowest BCUT2D eigenvalue weighted by Gasteiger charge is -2.06. The molecule has 0 fully saturated rings. The zero-order valence-corrected chi connectivity index (χ0v) is 9.90.